The fourth-order valence-electron chi connectivity index (χ4n) is 3.42. The Morgan fingerprint density at radius 1 is 1.45 bits per heavy atom. The van der Waals surface area contributed by atoms with Gasteiger partial charge < -0.3 is 9.88 Å². The number of alkyl halides is 2. The lowest BCUT2D eigenvalue weighted by Gasteiger charge is -2.11. The van der Waals surface area contributed by atoms with Gasteiger partial charge >= 0.3 is 0 Å². The van der Waals surface area contributed by atoms with E-state index >= 15 is 0 Å². The van der Waals surface area contributed by atoms with Crippen molar-refractivity contribution in [3.63, 3.8) is 0 Å². The highest BCUT2D eigenvalue weighted by Crippen LogP contribution is 2.53. The molecule has 3 heterocycles. The quantitative estimate of drug-likeness (QED) is 0.943. The van der Waals surface area contributed by atoms with Crippen molar-refractivity contribution in [1.82, 2.24) is 9.55 Å². The molecule has 4 nitrogen and oxygen atoms in total. The van der Waals surface area contributed by atoms with Gasteiger partial charge in [0.2, 0.25) is 0 Å². The van der Waals surface area contributed by atoms with E-state index in [1.807, 2.05) is 6.92 Å². The first-order valence-electron chi connectivity index (χ1n) is 7.30. The SMILES string of the molecule is Cc1cc2n(c1C(=O)Nc1ccnc(C(F)F)c1)C1CC1C2. The van der Waals surface area contributed by atoms with Crippen LogP contribution in [0.25, 0.3) is 0 Å². The first-order chi connectivity index (χ1) is 10.5. The summed E-state index contributed by atoms with van der Waals surface area (Å²) in [6, 6.07) is 5.23. The van der Waals surface area contributed by atoms with Gasteiger partial charge in [-0.25, -0.2) is 8.78 Å². The molecule has 0 aromatic carbocycles. The van der Waals surface area contributed by atoms with Crippen molar-refractivity contribution < 1.29 is 13.6 Å². The Kier molecular flexibility index (Phi) is 2.82. The molecule has 0 saturated heterocycles. The zero-order valence-electron chi connectivity index (χ0n) is 12.0. The monoisotopic (exact) mass is 303 g/mol. The predicted octanol–water partition coefficient (Wildman–Crippen LogP) is 3.50. The van der Waals surface area contributed by atoms with E-state index in [4.69, 9.17) is 0 Å². The number of fused-ring (bicyclic) bond motifs is 3. The topological polar surface area (TPSA) is 46.9 Å². The zero-order valence-corrected chi connectivity index (χ0v) is 12.0. The van der Waals surface area contributed by atoms with Crippen LogP contribution in [0.2, 0.25) is 0 Å². The number of nitrogens with zero attached hydrogens (tertiary/aromatic N) is 2. The maximum absolute atomic E-state index is 12.7. The van der Waals surface area contributed by atoms with Crippen molar-refractivity contribution in [3.8, 4) is 0 Å². The Labute approximate surface area is 126 Å². The van der Waals surface area contributed by atoms with Crippen molar-refractivity contribution in [2.75, 3.05) is 5.32 Å². The van der Waals surface area contributed by atoms with Gasteiger partial charge in [-0.3, -0.25) is 9.78 Å². The predicted molar refractivity (Wildman–Crippen MR) is 77.2 cm³/mol. The van der Waals surface area contributed by atoms with Gasteiger partial charge in [0.1, 0.15) is 11.4 Å². The number of carbonyl (C=O) groups excluding carboxylic acids is 1. The summed E-state index contributed by atoms with van der Waals surface area (Å²) in [6.07, 6.45) is 0.794. The highest BCUT2D eigenvalue weighted by atomic mass is 19.3. The van der Waals surface area contributed by atoms with E-state index in [-0.39, 0.29) is 11.6 Å². The fourth-order valence-corrected chi connectivity index (χ4v) is 3.42. The molecule has 1 amide bonds. The van der Waals surface area contributed by atoms with Crippen molar-refractivity contribution in [2.45, 2.75) is 32.2 Å². The summed E-state index contributed by atoms with van der Waals surface area (Å²) in [7, 11) is 0. The number of carbonyl (C=O) groups is 1. The third-order valence-corrected chi connectivity index (χ3v) is 4.47. The largest absolute Gasteiger partial charge is 0.337 e. The van der Waals surface area contributed by atoms with E-state index in [0.29, 0.717) is 23.3 Å². The highest BCUT2D eigenvalue weighted by Gasteiger charge is 2.47. The van der Waals surface area contributed by atoms with Gasteiger partial charge in [0.15, 0.2) is 0 Å². The molecule has 22 heavy (non-hydrogen) atoms. The van der Waals surface area contributed by atoms with Crippen LogP contribution in [-0.2, 0) is 6.42 Å². The van der Waals surface area contributed by atoms with Gasteiger partial charge in [-0.1, -0.05) is 0 Å². The Morgan fingerprint density at radius 2 is 2.27 bits per heavy atom. The fraction of sp³-hybridized carbons (Fsp3) is 0.375. The number of rotatable bonds is 3. The molecule has 1 saturated carbocycles. The number of aryl methyl sites for hydroxylation is 1. The lowest BCUT2D eigenvalue weighted by atomic mass is 10.2. The molecule has 2 unspecified atom stereocenters. The summed E-state index contributed by atoms with van der Waals surface area (Å²) in [4.78, 5) is 16.2. The number of aromatic nitrogens is 2. The normalized spacial score (nSPS) is 21.6. The van der Waals surface area contributed by atoms with Crippen molar-refractivity contribution in [3.05, 3.63) is 47.0 Å². The first kappa shape index (κ1) is 13.4. The number of pyridine rings is 1. The summed E-state index contributed by atoms with van der Waals surface area (Å²) < 4.78 is 27.5. The van der Waals surface area contributed by atoms with Gasteiger partial charge in [-0.2, -0.15) is 0 Å². The third-order valence-electron chi connectivity index (χ3n) is 4.47. The number of nitrogens with one attached hydrogen (secondary N) is 1. The third kappa shape index (κ3) is 2.01. The molecule has 0 spiro atoms. The summed E-state index contributed by atoms with van der Waals surface area (Å²) >= 11 is 0. The standard InChI is InChI=1S/C16H15F2N3O/c1-8-4-11-5-9-6-13(9)21(11)14(8)16(22)20-10-2-3-19-12(7-10)15(17)18/h2-4,7,9,13,15H,5-6H2,1H3,(H,19,20,22). The van der Waals surface area contributed by atoms with Gasteiger partial charge in [-0.15, -0.1) is 0 Å². The van der Waals surface area contributed by atoms with Gasteiger partial charge in [0.25, 0.3) is 12.3 Å². The molecule has 114 valence electrons. The van der Waals surface area contributed by atoms with Crippen LogP contribution in [0.3, 0.4) is 0 Å². The summed E-state index contributed by atoms with van der Waals surface area (Å²) in [5.41, 5.74) is 2.79. The molecule has 1 N–H and O–H groups in total. The Morgan fingerprint density at radius 3 is 3.05 bits per heavy atom. The first-order valence-corrected chi connectivity index (χ1v) is 7.30. The lowest BCUT2D eigenvalue weighted by molar-refractivity contribution is 0.101. The van der Waals surface area contributed by atoms with Crippen LogP contribution in [0.15, 0.2) is 24.4 Å². The molecule has 2 atom stereocenters. The molecular weight excluding hydrogens is 288 g/mol. The second-order valence-corrected chi connectivity index (χ2v) is 6.03. The smallest absolute Gasteiger partial charge is 0.280 e. The highest BCUT2D eigenvalue weighted by molar-refractivity contribution is 6.04. The maximum atomic E-state index is 12.7. The molecule has 0 radical (unpaired) electrons. The van der Waals surface area contributed by atoms with Crippen LogP contribution < -0.4 is 5.32 Å². The molecule has 4 rings (SSSR count). The van der Waals surface area contributed by atoms with Crippen molar-refractivity contribution >= 4 is 11.6 Å². The number of amides is 1. The van der Waals surface area contributed by atoms with Crippen LogP contribution >= 0.6 is 0 Å². The number of anilines is 1. The van der Waals surface area contributed by atoms with Crippen molar-refractivity contribution in [1.29, 1.82) is 0 Å². The molecule has 0 bridgehead atoms. The summed E-state index contributed by atoms with van der Waals surface area (Å²) in [6.45, 7) is 1.91. The minimum absolute atomic E-state index is 0.247. The molecule has 1 aliphatic heterocycles. The van der Waals surface area contributed by atoms with Crippen LogP contribution in [0.1, 0.15) is 46.3 Å². The molecule has 1 aliphatic carbocycles. The van der Waals surface area contributed by atoms with E-state index in [1.165, 1.54) is 24.0 Å². The zero-order chi connectivity index (χ0) is 15.4. The molecule has 2 aliphatic rings. The maximum Gasteiger partial charge on any atom is 0.280 e. The second kappa shape index (κ2) is 4.63. The van der Waals surface area contributed by atoms with Gasteiger partial charge in [0, 0.05) is 23.6 Å². The van der Waals surface area contributed by atoms with Gasteiger partial charge in [-0.05, 0) is 49.4 Å². The molecule has 1 fully saturated rings. The Hall–Kier alpha value is -2.24. The average Bonchev–Trinajstić information content (AvgIpc) is 3.02. The van der Waals surface area contributed by atoms with Gasteiger partial charge in [0.05, 0.1) is 0 Å². The molecule has 2 aromatic rings. The van der Waals surface area contributed by atoms with E-state index in [2.05, 4.69) is 20.9 Å². The molecule has 6 heteroatoms. The van der Waals surface area contributed by atoms with Crippen LogP contribution in [0.5, 0.6) is 0 Å². The molecule has 2 aromatic heterocycles. The number of hydrogen-bond acceptors (Lipinski definition) is 2. The van der Waals surface area contributed by atoms with E-state index < -0.39 is 6.43 Å². The van der Waals surface area contributed by atoms with Crippen LogP contribution in [0.4, 0.5) is 14.5 Å². The minimum atomic E-state index is -2.65. The number of halogens is 2. The van der Waals surface area contributed by atoms with E-state index in [9.17, 15) is 13.6 Å². The minimum Gasteiger partial charge on any atom is -0.337 e. The summed E-state index contributed by atoms with van der Waals surface area (Å²) in [5.74, 6) is 0.427. The van der Waals surface area contributed by atoms with E-state index in [0.717, 1.165) is 18.4 Å². The summed E-state index contributed by atoms with van der Waals surface area (Å²) in [5, 5.41) is 2.72. The Balaban J connectivity index is 1.62. The van der Waals surface area contributed by atoms with Crippen molar-refractivity contribution in [2.24, 2.45) is 5.92 Å². The van der Waals surface area contributed by atoms with E-state index in [1.54, 1.807) is 0 Å². The average molecular weight is 303 g/mol. The lowest BCUT2D eigenvalue weighted by Crippen LogP contribution is -2.18. The van der Waals surface area contributed by atoms with Crippen LogP contribution in [0, 0.1) is 12.8 Å². The second-order valence-electron chi connectivity index (χ2n) is 6.03. The molecular formula is C16H15F2N3O. The van der Waals surface area contributed by atoms with Crippen LogP contribution in [-0.4, -0.2) is 15.5 Å². The Bertz CT molecular complexity index is 769. The number of hydrogen-bond donors (Lipinski definition) is 1.